The first-order valence-corrected chi connectivity index (χ1v) is 7.55. The lowest BCUT2D eigenvalue weighted by Gasteiger charge is -2.36. The summed E-state index contributed by atoms with van der Waals surface area (Å²) in [5.41, 5.74) is 7.38. The van der Waals surface area contributed by atoms with E-state index in [1.165, 1.54) is 0 Å². The van der Waals surface area contributed by atoms with E-state index in [1.807, 2.05) is 5.38 Å². The zero-order valence-electron chi connectivity index (χ0n) is 11.4. The van der Waals surface area contributed by atoms with Crippen molar-refractivity contribution in [2.75, 3.05) is 41.7 Å². The second kappa shape index (κ2) is 5.61. The van der Waals surface area contributed by atoms with Crippen LogP contribution in [0.25, 0.3) is 0 Å². The topological polar surface area (TPSA) is 82.7 Å². The summed E-state index contributed by atoms with van der Waals surface area (Å²) < 4.78 is 0. The van der Waals surface area contributed by atoms with Crippen molar-refractivity contribution in [1.82, 2.24) is 4.98 Å². The van der Waals surface area contributed by atoms with Crippen LogP contribution >= 0.6 is 11.3 Å². The maximum Gasteiger partial charge on any atom is 0.337 e. The third kappa shape index (κ3) is 2.78. The number of nitrogens with zero attached hydrogens (tertiary/aromatic N) is 3. The molecule has 2 heterocycles. The molecule has 0 aliphatic carbocycles. The zero-order chi connectivity index (χ0) is 14.8. The molecule has 1 aliphatic rings. The average Bonchev–Trinajstić information content (AvgIpc) is 3.01. The SMILES string of the molecule is Nc1ccc(C(=O)O)c(N2CCN(c3nccs3)CC2)c1. The summed E-state index contributed by atoms with van der Waals surface area (Å²) in [5, 5.41) is 12.3. The highest BCUT2D eigenvalue weighted by Crippen LogP contribution is 2.26. The highest BCUT2D eigenvalue weighted by molar-refractivity contribution is 7.13. The van der Waals surface area contributed by atoms with Crippen LogP contribution in [0.4, 0.5) is 16.5 Å². The molecule has 0 radical (unpaired) electrons. The maximum absolute atomic E-state index is 11.3. The number of anilines is 3. The number of aromatic nitrogens is 1. The summed E-state index contributed by atoms with van der Waals surface area (Å²) >= 11 is 1.62. The number of carbonyl (C=O) groups is 1. The van der Waals surface area contributed by atoms with Crippen molar-refractivity contribution in [3.8, 4) is 0 Å². The second-order valence-corrected chi connectivity index (χ2v) is 5.74. The summed E-state index contributed by atoms with van der Waals surface area (Å²) in [6.07, 6.45) is 1.80. The van der Waals surface area contributed by atoms with Gasteiger partial charge in [0.15, 0.2) is 5.13 Å². The predicted octanol–water partition coefficient (Wildman–Crippen LogP) is 1.75. The number of hydrogen-bond acceptors (Lipinski definition) is 6. The fourth-order valence-corrected chi connectivity index (χ4v) is 3.20. The lowest BCUT2D eigenvalue weighted by molar-refractivity contribution is 0.0697. The molecule has 0 amide bonds. The first-order chi connectivity index (χ1) is 10.1. The Morgan fingerprint density at radius 3 is 2.57 bits per heavy atom. The van der Waals surface area contributed by atoms with Gasteiger partial charge in [-0.25, -0.2) is 9.78 Å². The van der Waals surface area contributed by atoms with Crippen molar-refractivity contribution in [3.05, 3.63) is 35.3 Å². The summed E-state index contributed by atoms with van der Waals surface area (Å²) in [5.74, 6) is -0.924. The van der Waals surface area contributed by atoms with Crippen LogP contribution in [-0.2, 0) is 0 Å². The molecule has 3 rings (SSSR count). The van der Waals surface area contributed by atoms with Gasteiger partial charge in [0.2, 0.25) is 0 Å². The molecule has 1 fully saturated rings. The van der Waals surface area contributed by atoms with E-state index in [1.54, 1.807) is 35.7 Å². The molecule has 6 nitrogen and oxygen atoms in total. The minimum atomic E-state index is -0.924. The van der Waals surface area contributed by atoms with Gasteiger partial charge in [0.1, 0.15) is 0 Å². The Balaban J connectivity index is 1.78. The van der Waals surface area contributed by atoms with Crippen LogP contribution in [0.1, 0.15) is 10.4 Å². The third-order valence-electron chi connectivity index (χ3n) is 3.56. The molecule has 1 aromatic carbocycles. The van der Waals surface area contributed by atoms with Crippen LogP contribution in [0.2, 0.25) is 0 Å². The van der Waals surface area contributed by atoms with Crippen molar-refractivity contribution in [2.45, 2.75) is 0 Å². The van der Waals surface area contributed by atoms with Crippen LogP contribution in [0.5, 0.6) is 0 Å². The fraction of sp³-hybridized carbons (Fsp3) is 0.286. The molecule has 1 aliphatic heterocycles. The highest BCUT2D eigenvalue weighted by atomic mass is 32.1. The number of carboxylic acid groups (broad SMARTS) is 1. The largest absolute Gasteiger partial charge is 0.478 e. The standard InChI is InChI=1S/C14H16N4O2S/c15-10-1-2-11(13(19)20)12(9-10)17-4-6-18(7-5-17)14-16-3-8-21-14/h1-3,8-9H,4-7,15H2,(H,19,20). The van der Waals surface area contributed by atoms with Crippen molar-refractivity contribution >= 4 is 33.8 Å². The Labute approximate surface area is 126 Å². The van der Waals surface area contributed by atoms with E-state index < -0.39 is 5.97 Å². The molecular formula is C14H16N4O2S. The van der Waals surface area contributed by atoms with E-state index in [0.29, 0.717) is 16.9 Å². The minimum Gasteiger partial charge on any atom is -0.478 e. The number of hydrogen-bond donors (Lipinski definition) is 2. The lowest BCUT2D eigenvalue weighted by atomic mass is 10.1. The van der Waals surface area contributed by atoms with Gasteiger partial charge in [0.05, 0.1) is 11.3 Å². The van der Waals surface area contributed by atoms with Gasteiger partial charge in [-0.05, 0) is 18.2 Å². The molecule has 0 atom stereocenters. The quantitative estimate of drug-likeness (QED) is 0.841. The Morgan fingerprint density at radius 2 is 1.95 bits per heavy atom. The predicted molar refractivity (Wildman–Crippen MR) is 84.4 cm³/mol. The van der Waals surface area contributed by atoms with E-state index in [9.17, 15) is 9.90 Å². The molecule has 1 aromatic heterocycles. The van der Waals surface area contributed by atoms with Gasteiger partial charge in [0, 0.05) is 43.4 Å². The number of thiazole rings is 1. The van der Waals surface area contributed by atoms with Gasteiger partial charge in [0.25, 0.3) is 0 Å². The van der Waals surface area contributed by atoms with Gasteiger partial charge < -0.3 is 20.6 Å². The zero-order valence-corrected chi connectivity index (χ0v) is 12.2. The average molecular weight is 304 g/mol. The van der Waals surface area contributed by atoms with Gasteiger partial charge >= 0.3 is 5.97 Å². The van der Waals surface area contributed by atoms with Crippen LogP contribution in [0.3, 0.4) is 0 Å². The summed E-state index contributed by atoms with van der Waals surface area (Å²) in [6, 6.07) is 4.93. The highest BCUT2D eigenvalue weighted by Gasteiger charge is 2.22. The summed E-state index contributed by atoms with van der Waals surface area (Å²) in [7, 11) is 0. The van der Waals surface area contributed by atoms with Gasteiger partial charge in [-0.3, -0.25) is 0 Å². The number of aromatic carboxylic acids is 1. The first kappa shape index (κ1) is 13.7. The lowest BCUT2D eigenvalue weighted by Crippen LogP contribution is -2.47. The molecule has 21 heavy (non-hydrogen) atoms. The molecule has 1 saturated heterocycles. The van der Waals surface area contributed by atoms with Crippen molar-refractivity contribution in [3.63, 3.8) is 0 Å². The first-order valence-electron chi connectivity index (χ1n) is 6.67. The summed E-state index contributed by atoms with van der Waals surface area (Å²) in [6.45, 7) is 3.15. The van der Waals surface area contributed by atoms with E-state index in [-0.39, 0.29) is 0 Å². The van der Waals surface area contributed by atoms with Gasteiger partial charge in [-0.15, -0.1) is 11.3 Å². The van der Waals surface area contributed by atoms with Crippen LogP contribution in [-0.4, -0.2) is 42.2 Å². The van der Waals surface area contributed by atoms with E-state index in [0.717, 1.165) is 31.3 Å². The number of benzene rings is 1. The Bertz CT molecular complexity index is 636. The number of nitrogens with two attached hydrogens (primary N) is 1. The van der Waals surface area contributed by atoms with E-state index in [2.05, 4.69) is 14.8 Å². The molecule has 0 saturated carbocycles. The molecule has 2 aromatic rings. The van der Waals surface area contributed by atoms with Crippen molar-refractivity contribution in [1.29, 1.82) is 0 Å². The molecule has 0 spiro atoms. The van der Waals surface area contributed by atoms with E-state index >= 15 is 0 Å². The molecule has 0 bridgehead atoms. The Kier molecular flexibility index (Phi) is 3.66. The summed E-state index contributed by atoms with van der Waals surface area (Å²) in [4.78, 5) is 19.9. The normalized spacial score (nSPS) is 15.2. The third-order valence-corrected chi connectivity index (χ3v) is 4.39. The molecular weight excluding hydrogens is 288 g/mol. The minimum absolute atomic E-state index is 0.298. The number of piperazine rings is 1. The molecule has 3 N–H and O–H groups in total. The van der Waals surface area contributed by atoms with Crippen molar-refractivity contribution in [2.24, 2.45) is 0 Å². The van der Waals surface area contributed by atoms with Crippen LogP contribution < -0.4 is 15.5 Å². The Hall–Kier alpha value is -2.28. The van der Waals surface area contributed by atoms with Crippen molar-refractivity contribution < 1.29 is 9.90 Å². The molecule has 7 heteroatoms. The van der Waals surface area contributed by atoms with Crippen LogP contribution in [0, 0.1) is 0 Å². The number of nitrogen functional groups attached to an aromatic ring is 1. The smallest absolute Gasteiger partial charge is 0.337 e. The molecule has 110 valence electrons. The second-order valence-electron chi connectivity index (χ2n) is 4.87. The number of carboxylic acids is 1. The monoisotopic (exact) mass is 304 g/mol. The number of rotatable bonds is 3. The van der Waals surface area contributed by atoms with Gasteiger partial charge in [-0.2, -0.15) is 0 Å². The maximum atomic E-state index is 11.3. The van der Waals surface area contributed by atoms with Gasteiger partial charge in [-0.1, -0.05) is 0 Å². The fourth-order valence-electron chi connectivity index (χ4n) is 2.50. The van der Waals surface area contributed by atoms with Crippen LogP contribution in [0.15, 0.2) is 29.8 Å². The Morgan fingerprint density at radius 1 is 1.24 bits per heavy atom. The molecule has 0 unspecified atom stereocenters. The van der Waals surface area contributed by atoms with E-state index in [4.69, 9.17) is 5.73 Å².